The Labute approximate surface area is 100 Å². The maximum Gasteiger partial charge on any atom is 0.145 e. The summed E-state index contributed by atoms with van der Waals surface area (Å²) in [4.78, 5) is 0. The predicted octanol–water partition coefficient (Wildman–Crippen LogP) is 3.98. The third-order valence-corrected chi connectivity index (χ3v) is 2.84. The molecule has 2 rings (SSSR count). The predicted molar refractivity (Wildman–Crippen MR) is 63.9 cm³/mol. The molecule has 2 aromatic rings. The van der Waals surface area contributed by atoms with Crippen LogP contribution in [-0.4, -0.2) is 0 Å². The highest BCUT2D eigenvalue weighted by atomic mass is 79.9. The second kappa shape index (κ2) is 4.22. The van der Waals surface area contributed by atoms with Crippen LogP contribution in [0.15, 0.2) is 40.9 Å². The van der Waals surface area contributed by atoms with Gasteiger partial charge in [0.25, 0.3) is 0 Å². The van der Waals surface area contributed by atoms with E-state index in [-0.39, 0.29) is 11.1 Å². The number of rotatable bonds is 1. The summed E-state index contributed by atoms with van der Waals surface area (Å²) < 4.78 is 27.6. The maximum atomic E-state index is 13.7. The highest BCUT2D eigenvalue weighted by Gasteiger charge is 2.12. The van der Waals surface area contributed by atoms with Crippen molar-refractivity contribution in [3.63, 3.8) is 0 Å². The van der Waals surface area contributed by atoms with Gasteiger partial charge in [-0.15, -0.1) is 0 Å². The lowest BCUT2D eigenvalue weighted by molar-refractivity contribution is 0.613. The summed E-state index contributed by atoms with van der Waals surface area (Å²) in [6, 6.07) is 8.80. The Morgan fingerprint density at radius 2 is 1.75 bits per heavy atom. The maximum absolute atomic E-state index is 13.7. The van der Waals surface area contributed by atoms with Gasteiger partial charge in [-0.05, 0) is 40.2 Å². The molecule has 0 amide bonds. The molecule has 0 fully saturated rings. The molecule has 0 saturated heterocycles. The molecule has 0 aliphatic rings. The molecule has 16 heavy (non-hydrogen) atoms. The van der Waals surface area contributed by atoms with E-state index in [9.17, 15) is 8.78 Å². The van der Waals surface area contributed by atoms with Crippen LogP contribution in [0.2, 0.25) is 0 Å². The van der Waals surface area contributed by atoms with Gasteiger partial charge in [-0.1, -0.05) is 12.1 Å². The Bertz CT molecular complexity index is 541. The van der Waals surface area contributed by atoms with Crippen molar-refractivity contribution in [3.05, 3.63) is 52.5 Å². The molecule has 4 heteroatoms. The van der Waals surface area contributed by atoms with Gasteiger partial charge in [0.15, 0.2) is 0 Å². The summed E-state index contributed by atoms with van der Waals surface area (Å²) in [6.07, 6.45) is 0. The zero-order chi connectivity index (χ0) is 11.7. The van der Waals surface area contributed by atoms with E-state index in [1.54, 1.807) is 12.1 Å². The highest BCUT2D eigenvalue weighted by molar-refractivity contribution is 9.10. The van der Waals surface area contributed by atoms with E-state index in [0.717, 1.165) is 0 Å². The number of hydrogen-bond acceptors (Lipinski definition) is 1. The number of nitrogen functional groups attached to an aromatic ring is 1. The fourth-order valence-electron chi connectivity index (χ4n) is 1.46. The standard InChI is InChI=1S/C12H8BrF2N/c13-10-3-1-2-8(12(10)15)9-6-7(16)4-5-11(9)14/h1-6H,16H2. The van der Waals surface area contributed by atoms with E-state index >= 15 is 0 Å². The fourth-order valence-corrected chi connectivity index (χ4v) is 1.83. The number of halogens is 3. The quantitative estimate of drug-likeness (QED) is 0.788. The third-order valence-electron chi connectivity index (χ3n) is 2.23. The summed E-state index contributed by atoms with van der Waals surface area (Å²) >= 11 is 3.06. The first-order chi connectivity index (χ1) is 7.59. The number of hydrogen-bond donors (Lipinski definition) is 1. The van der Waals surface area contributed by atoms with Crippen LogP contribution in [0, 0.1) is 11.6 Å². The summed E-state index contributed by atoms with van der Waals surface area (Å²) in [5.41, 5.74) is 6.31. The van der Waals surface area contributed by atoms with Crippen LogP contribution >= 0.6 is 15.9 Å². The molecule has 2 aromatic carbocycles. The Kier molecular flexibility index (Phi) is 2.92. The number of benzene rings is 2. The second-order valence-electron chi connectivity index (χ2n) is 3.34. The van der Waals surface area contributed by atoms with E-state index in [2.05, 4.69) is 15.9 Å². The molecule has 0 saturated carbocycles. The summed E-state index contributed by atoms with van der Waals surface area (Å²) in [5, 5.41) is 0. The molecule has 0 heterocycles. The van der Waals surface area contributed by atoms with Crippen molar-refractivity contribution in [2.75, 3.05) is 5.73 Å². The van der Waals surface area contributed by atoms with Gasteiger partial charge in [-0.2, -0.15) is 0 Å². The monoisotopic (exact) mass is 283 g/mol. The topological polar surface area (TPSA) is 26.0 Å². The molecule has 0 aromatic heterocycles. The van der Waals surface area contributed by atoms with E-state index in [1.807, 2.05) is 0 Å². The lowest BCUT2D eigenvalue weighted by atomic mass is 10.0. The average Bonchev–Trinajstić information content (AvgIpc) is 2.26. The van der Waals surface area contributed by atoms with Crippen LogP contribution in [0.3, 0.4) is 0 Å². The largest absolute Gasteiger partial charge is 0.399 e. The SMILES string of the molecule is Nc1ccc(F)c(-c2cccc(Br)c2F)c1. The van der Waals surface area contributed by atoms with Crippen molar-refractivity contribution in [1.82, 2.24) is 0 Å². The summed E-state index contributed by atoms with van der Waals surface area (Å²) in [6.45, 7) is 0. The van der Waals surface area contributed by atoms with E-state index in [4.69, 9.17) is 5.73 Å². The Morgan fingerprint density at radius 1 is 1.00 bits per heavy atom. The minimum atomic E-state index is -0.494. The molecule has 0 aliphatic carbocycles. The molecule has 0 bridgehead atoms. The summed E-state index contributed by atoms with van der Waals surface area (Å²) in [7, 11) is 0. The Hall–Kier alpha value is -1.42. The summed E-state index contributed by atoms with van der Waals surface area (Å²) in [5.74, 6) is -0.988. The molecule has 0 spiro atoms. The minimum absolute atomic E-state index is 0.166. The molecule has 82 valence electrons. The zero-order valence-electron chi connectivity index (χ0n) is 8.18. The molecule has 0 unspecified atom stereocenters. The highest BCUT2D eigenvalue weighted by Crippen LogP contribution is 2.30. The van der Waals surface area contributed by atoms with Crippen LogP contribution in [0.25, 0.3) is 11.1 Å². The van der Waals surface area contributed by atoms with Gasteiger partial charge in [0.2, 0.25) is 0 Å². The van der Waals surface area contributed by atoms with Crippen molar-refractivity contribution in [1.29, 1.82) is 0 Å². The number of anilines is 1. The van der Waals surface area contributed by atoms with Crippen molar-refractivity contribution in [3.8, 4) is 11.1 Å². The second-order valence-corrected chi connectivity index (χ2v) is 4.19. The van der Waals surface area contributed by atoms with Crippen LogP contribution in [0.1, 0.15) is 0 Å². The minimum Gasteiger partial charge on any atom is -0.399 e. The smallest absolute Gasteiger partial charge is 0.145 e. The molecule has 0 atom stereocenters. The van der Waals surface area contributed by atoms with Gasteiger partial charge in [0.05, 0.1) is 4.47 Å². The first kappa shape index (κ1) is 11.1. The van der Waals surface area contributed by atoms with Crippen LogP contribution in [0.5, 0.6) is 0 Å². The third kappa shape index (κ3) is 1.93. The van der Waals surface area contributed by atoms with E-state index in [1.165, 1.54) is 24.3 Å². The number of nitrogens with two attached hydrogens (primary N) is 1. The van der Waals surface area contributed by atoms with Gasteiger partial charge in [0.1, 0.15) is 11.6 Å². The van der Waals surface area contributed by atoms with Gasteiger partial charge >= 0.3 is 0 Å². The first-order valence-corrected chi connectivity index (χ1v) is 5.38. The lowest BCUT2D eigenvalue weighted by Gasteiger charge is -2.07. The molecule has 0 aliphatic heterocycles. The van der Waals surface area contributed by atoms with Gasteiger partial charge in [0, 0.05) is 16.8 Å². The van der Waals surface area contributed by atoms with Crippen LogP contribution in [-0.2, 0) is 0 Å². The van der Waals surface area contributed by atoms with Crippen molar-refractivity contribution >= 4 is 21.6 Å². The molecular weight excluding hydrogens is 276 g/mol. The zero-order valence-corrected chi connectivity index (χ0v) is 9.76. The van der Waals surface area contributed by atoms with Crippen molar-refractivity contribution in [2.45, 2.75) is 0 Å². The van der Waals surface area contributed by atoms with Gasteiger partial charge in [-0.25, -0.2) is 8.78 Å². The molecule has 1 nitrogen and oxygen atoms in total. The van der Waals surface area contributed by atoms with E-state index in [0.29, 0.717) is 10.2 Å². The fraction of sp³-hybridized carbons (Fsp3) is 0. The molecule has 2 N–H and O–H groups in total. The average molecular weight is 284 g/mol. The van der Waals surface area contributed by atoms with Crippen molar-refractivity contribution < 1.29 is 8.78 Å². The van der Waals surface area contributed by atoms with Crippen LogP contribution in [0.4, 0.5) is 14.5 Å². The van der Waals surface area contributed by atoms with Crippen molar-refractivity contribution in [2.24, 2.45) is 0 Å². The normalized spacial score (nSPS) is 10.4. The Morgan fingerprint density at radius 3 is 2.50 bits per heavy atom. The molecular formula is C12H8BrF2N. The first-order valence-electron chi connectivity index (χ1n) is 4.59. The van der Waals surface area contributed by atoms with Crippen LogP contribution < -0.4 is 5.73 Å². The molecule has 0 radical (unpaired) electrons. The lowest BCUT2D eigenvalue weighted by Crippen LogP contribution is -1.92. The Balaban J connectivity index is 2.67. The van der Waals surface area contributed by atoms with Gasteiger partial charge in [-0.3, -0.25) is 0 Å². The van der Waals surface area contributed by atoms with E-state index < -0.39 is 11.6 Å². The van der Waals surface area contributed by atoms with Gasteiger partial charge < -0.3 is 5.73 Å².